The molecule has 0 saturated carbocycles. The van der Waals surface area contributed by atoms with Crippen LogP contribution in [0, 0.1) is 23.7 Å². The Morgan fingerprint density at radius 3 is 1.86 bits per heavy atom. The molecule has 0 aliphatic rings. The third kappa shape index (κ3) is 6.16. The molecule has 0 bridgehead atoms. The van der Waals surface area contributed by atoms with E-state index >= 15 is 0 Å². The molecule has 3 N–H and O–H groups in total. The van der Waals surface area contributed by atoms with Gasteiger partial charge in [-0.25, -0.2) is 0 Å². The third-order valence-corrected chi connectivity index (χ3v) is 4.87. The van der Waals surface area contributed by atoms with Gasteiger partial charge in [0.25, 0.3) is 0 Å². The summed E-state index contributed by atoms with van der Waals surface area (Å²) in [6.07, 6.45) is 1.78. The fourth-order valence-electron chi connectivity index (χ4n) is 2.30. The van der Waals surface area contributed by atoms with E-state index in [-0.39, 0.29) is 35.9 Å². The lowest BCUT2D eigenvalue weighted by Gasteiger charge is -2.23. The van der Waals surface area contributed by atoms with Crippen molar-refractivity contribution in [2.75, 3.05) is 0 Å². The summed E-state index contributed by atoms with van der Waals surface area (Å²) in [6.45, 7) is 11.5. The van der Waals surface area contributed by atoms with Gasteiger partial charge in [0.1, 0.15) is 0 Å². The second-order valence-corrected chi connectivity index (χ2v) is 6.47. The van der Waals surface area contributed by atoms with Crippen molar-refractivity contribution in [3.05, 3.63) is 0 Å². The van der Waals surface area contributed by atoms with E-state index < -0.39 is 17.9 Å². The Bertz CT molecular complexity index is 395. The number of nitrogens with one attached hydrogen (secondary N) is 1. The van der Waals surface area contributed by atoms with Crippen LogP contribution in [0.15, 0.2) is 0 Å². The highest BCUT2D eigenvalue weighted by Crippen LogP contribution is 2.20. The van der Waals surface area contributed by atoms with Gasteiger partial charge < -0.3 is 11.1 Å². The maximum Gasteiger partial charge on any atom is 0.223 e. The topological polar surface area (TPSA) is 89.3 Å². The van der Waals surface area contributed by atoms with Gasteiger partial charge in [0, 0.05) is 18.3 Å². The Hall–Kier alpha value is -1.39. The summed E-state index contributed by atoms with van der Waals surface area (Å²) in [5.41, 5.74) is 5.39. The molecular weight excluding hydrogens is 280 g/mol. The summed E-state index contributed by atoms with van der Waals surface area (Å²) < 4.78 is 0. The van der Waals surface area contributed by atoms with Crippen molar-refractivity contribution in [2.24, 2.45) is 29.4 Å². The van der Waals surface area contributed by atoms with Crippen LogP contribution in [-0.4, -0.2) is 23.6 Å². The summed E-state index contributed by atoms with van der Waals surface area (Å²) in [5.74, 6) is -0.993. The summed E-state index contributed by atoms with van der Waals surface area (Å²) in [7, 11) is 0. The number of primary amides is 1. The standard InChI is InChI=1S/C17H32N2O3/c1-7-10(3)12(5)17(22)19-13(6)15(20)9-14(16(18)21)11(4)8-2/h10-14H,7-9H2,1-6H3,(H2,18,21)(H,19,22)/t10-,11-,12-,13-,14-/m0/s1. The molecule has 0 aromatic heterocycles. The molecule has 0 unspecified atom stereocenters. The first-order chi connectivity index (χ1) is 10.1. The SMILES string of the molecule is CC[C@H](C)[C@H](C)C(=O)N[C@@H](C)C(=O)C[C@H](C(N)=O)[C@@H](C)CC. The zero-order valence-corrected chi connectivity index (χ0v) is 14.8. The molecule has 22 heavy (non-hydrogen) atoms. The van der Waals surface area contributed by atoms with E-state index in [1.165, 1.54) is 0 Å². The van der Waals surface area contributed by atoms with Crippen molar-refractivity contribution >= 4 is 17.6 Å². The lowest BCUT2D eigenvalue weighted by molar-refractivity contribution is -0.132. The molecule has 0 heterocycles. The Kier molecular flexibility index (Phi) is 8.99. The van der Waals surface area contributed by atoms with Gasteiger partial charge in [-0.3, -0.25) is 14.4 Å². The highest BCUT2D eigenvalue weighted by molar-refractivity contribution is 5.92. The van der Waals surface area contributed by atoms with Gasteiger partial charge in [-0.05, 0) is 18.8 Å². The average Bonchev–Trinajstić information content (AvgIpc) is 2.49. The second-order valence-electron chi connectivity index (χ2n) is 6.47. The number of hydrogen-bond acceptors (Lipinski definition) is 3. The lowest BCUT2D eigenvalue weighted by Crippen LogP contribution is -2.44. The van der Waals surface area contributed by atoms with Crippen LogP contribution in [0.2, 0.25) is 0 Å². The zero-order chi connectivity index (χ0) is 17.4. The van der Waals surface area contributed by atoms with E-state index in [2.05, 4.69) is 5.32 Å². The molecule has 0 aliphatic heterocycles. The molecule has 0 spiro atoms. The molecule has 5 atom stereocenters. The van der Waals surface area contributed by atoms with Crippen molar-refractivity contribution in [1.29, 1.82) is 0 Å². The molecule has 5 heteroatoms. The minimum Gasteiger partial charge on any atom is -0.369 e. The smallest absolute Gasteiger partial charge is 0.223 e. The Balaban J connectivity index is 4.66. The van der Waals surface area contributed by atoms with Crippen LogP contribution in [0.25, 0.3) is 0 Å². The molecule has 0 rings (SSSR count). The summed E-state index contributed by atoms with van der Waals surface area (Å²) in [4.78, 5) is 35.9. The lowest BCUT2D eigenvalue weighted by atomic mass is 9.85. The van der Waals surface area contributed by atoms with Gasteiger partial charge in [-0.15, -0.1) is 0 Å². The Labute approximate surface area is 134 Å². The fraction of sp³-hybridized carbons (Fsp3) is 0.824. The van der Waals surface area contributed by atoms with Gasteiger partial charge in [0.2, 0.25) is 11.8 Å². The molecule has 2 amide bonds. The number of ketones is 1. The van der Waals surface area contributed by atoms with Gasteiger partial charge >= 0.3 is 0 Å². The van der Waals surface area contributed by atoms with E-state index in [4.69, 9.17) is 5.73 Å². The van der Waals surface area contributed by atoms with Crippen molar-refractivity contribution in [1.82, 2.24) is 5.32 Å². The first-order valence-corrected chi connectivity index (χ1v) is 8.27. The maximum absolute atomic E-state index is 12.3. The minimum absolute atomic E-state index is 0.0587. The molecule has 128 valence electrons. The number of nitrogens with two attached hydrogens (primary N) is 1. The van der Waals surface area contributed by atoms with Crippen molar-refractivity contribution < 1.29 is 14.4 Å². The predicted molar refractivity (Wildman–Crippen MR) is 88.0 cm³/mol. The van der Waals surface area contributed by atoms with Gasteiger partial charge in [0.05, 0.1) is 6.04 Å². The number of hydrogen-bond donors (Lipinski definition) is 2. The monoisotopic (exact) mass is 312 g/mol. The summed E-state index contributed by atoms with van der Waals surface area (Å²) in [5, 5.41) is 2.76. The number of carbonyl (C=O) groups is 3. The van der Waals surface area contributed by atoms with E-state index in [1.807, 2.05) is 34.6 Å². The van der Waals surface area contributed by atoms with Gasteiger partial charge in [-0.2, -0.15) is 0 Å². The highest BCUT2D eigenvalue weighted by Gasteiger charge is 2.28. The summed E-state index contributed by atoms with van der Waals surface area (Å²) >= 11 is 0. The van der Waals surface area contributed by atoms with Crippen molar-refractivity contribution in [3.63, 3.8) is 0 Å². The fourth-order valence-corrected chi connectivity index (χ4v) is 2.30. The molecular formula is C17H32N2O3. The largest absolute Gasteiger partial charge is 0.369 e. The third-order valence-electron chi connectivity index (χ3n) is 4.87. The Morgan fingerprint density at radius 1 is 0.955 bits per heavy atom. The normalized spacial score (nSPS) is 17.9. The van der Waals surface area contributed by atoms with E-state index in [1.54, 1.807) is 6.92 Å². The molecule has 0 saturated heterocycles. The number of Topliss-reactive ketones (excluding diaryl/α,β-unsaturated/α-hetero) is 1. The van der Waals surface area contributed by atoms with Crippen LogP contribution in [0.4, 0.5) is 0 Å². The first kappa shape index (κ1) is 20.6. The molecule has 0 fully saturated rings. The van der Waals surface area contributed by atoms with Gasteiger partial charge in [-0.1, -0.05) is 47.5 Å². The zero-order valence-electron chi connectivity index (χ0n) is 14.8. The van der Waals surface area contributed by atoms with E-state index in [0.29, 0.717) is 0 Å². The minimum atomic E-state index is -0.593. The van der Waals surface area contributed by atoms with Crippen LogP contribution >= 0.6 is 0 Å². The van der Waals surface area contributed by atoms with E-state index in [9.17, 15) is 14.4 Å². The highest BCUT2D eigenvalue weighted by atomic mass is 16.2. The number of amides is 2. The van der Waals surface area contributed by atoms with Gasteiger partial charge in [0.15, 0.2) is 5.78 Å². The number of rotatable bonds is 10. The van der Waals surface area contributed by atoms with Crippen LogP contribution in [-0.2, 0) is 14.4 Å². The molecule has 0 aliphatic carbocycles. The number of carbonyl (C=O) groups excluding carboxylic acids is 3. The van der Waals surface area contributed by atoms with Crippen molar-refractivity contribution in [2.45, 2.75) is 66.8 Å². The van der Waals surface area contributed by atoms with Crippen LogP contribution in [0.3, 0.4) is 0 Å². The molecule has 0 radical (unpaired) electrons. The molecule has 0 aromatic rings. The molecule has 0 aromatic carbocycles. The first-order valence-electron chi connectivity index (χ1n) is 8.27. The Morgan fingerprint density at radius 2 is 1.45 bits per heavy atom. The van der Waals surface area contributed by atoms with Crippen LogP contribution in [0.1, 0.15) is 60.8 Å². The predicted octanol–water partition coefficient (Wildman–Crippen LogP) is 2.28. The molecule has 5 nitrogen and oxygen atoms in total. The van der Waals surface area contributed by atoms with Crippen molar-refractivity contribution in [3.8, 4) is 0 Å². The second kappa shape index (κ2) is 9.59. The van der Waals surface area contributed by atoms with E-state index in [0.717, 1.165) is 12.8 Å². The van der Waals surface area contributed by atoms with Crippen LogP contribution in [0.5, 0.6) is 0 Å². The summed E-state index contributed by atoms with van der Waals surface area (Å²) in [6, 6.07) is -0.593. The van der Waals surface area contributed by atoms with Crippen LogP contribution < -0.4 is 11.1 Å². The quantitative estimate of drug-likeness (QED) is 0.648. The average molecular weight is 312 g/mol. The maximum atomic E-state index is 12.3.